The first-order valence-electron chi connectivity index (χ1n) is 6.29. The second-order valence-electron chi connectivity index (χ2n) is 5.09. The van der Waals surface area contributed by atoms with Gasteiger partial charge in [0, 0.05) is 19.2 Å². The lowest BCUT2D eigenvalue weighted by molar-refractivity contribution is -0.128. The topological polar surface area (TPSA) is 64.3 Å². The molecule has 0 saturated heterocycles. The molecule has 0 aromatic heterocycles. The molecule has 3 N–H and O–H groups in total. The maximum Gasteiger partial charge on any atom is 0.224 e. The van der Waals surface area contributed by atoms with Gasteiger partial charge >= 0.3 is 0 Å². The number of methoxy groups -OCH3 is 1. The molecule has 2 saturated carbocycles. The third-order valence-corrected chi connectivity index (χ3v) is 3.93. The van der Waals surface area contributed by atoms with Crippen molar-refractivity contribution in [1.82, 2.24) is 5.32 Å². The third kappa shape index (κ3) is 2.55. The molecule has 0 aromatic rings. The van der Waals surface area contributed by atoms with Crippen LogP contribution in [0.15, 0.2) is 0 Å². The molecular weight excluding hydrogens is 204 g/mol. The van der Waals surface area contributed by atoms with E-state index in [4.69, 9.17) is 10.5 Å². The highest BCUT2D eigenvalue weighted by Gasteiger charge is 2.34. The number of rotatable bonds is 3. The van der Waals surface area contributed by atoms with Gasteiger partial charge in [-0.1, -0.05) is 12.8 Å². The fraction of sp³-hybridized carbons (Fsp3) is 0.917. The minimum absolute atomic E-state index is 0.0374. The van der Waals surface area contributed by atoms with E-state index in [1.54, 1.807) is 7.11 Å². The van der Waals surface area contributed by atoms with Crippen LogP contribution in [0.4, 0.5) is 0 Å². The second-order valence-corrected chi connectivity index (χ2v) is 5.09. The van der Waals surface area contributed by atoms with Crippen molar-refractivity contribution in [3.63, 3.8) is 0 Å². The summed E-state index contributed by atoms with van der Waals surface area (Å²) in [6.07, 6.45) is 6.48. The van der Waals surface area contributed by atoms with Crippen LogP contribution in [0.25, 0.3) is 0 Å². The highest BCUT2D eigenvalue weighted by molar-refractivity contribution is 5.79. The van der Waals surface area contributed by atoms with E-state index in [-0.39, 0.29) is 17.9 Å². The summed E-state index contributed by atoms with van der Waals surface area (Å²) in [7, 11) is 1.72. The normalized spacial score (nSPS) is 38.9. The smallest absolute Gasteiger partial charge is 0.224 e. The zero-order chi connectivity index (χ0) is 11.5. The van der Waals surface area contributed by atoms with Crippen molar-refractivity contribution in [2.45, 2.75) is 56.7 Å². The highest BCUT2D eigenvalue weighted by Crippen LogP contribution is 2.26. The van der Waals surface area contributed by atoms with E-state index in [0.29, 0.717) is 12.1 Å². The van der Waals surface area contributed by atoms with Crippen LogP contribution in [-0.2, 0) is 9.53 Å². The molecule has 4 nitrogen and oxygen atoms in total. The maximum absolute atomic E-state index is 12.0. The van der Waals surface area contributed by atoms with Crippen molar-refractivity contribution < 1.29 is 9.53 Å². The summed E-state index contributed by atoms with van der Waals surface area (Å²) in [6.45, 7) is 0. The van der Waals surface area contributed by atoms with Gasteiger partial charge in [0.1, 0.15) is 0 Å². The zero-order valence-corrected chi connectivity index (χ0v) is 9.95. The van der Waals surface area contributed by atoms with Crippen molar-refractivity contribution in [2.24, 2.45) is 11.7 Å². The first-order chi connectivity index (χ1) is 7.70. The van der Waals surface area contributed by atoms with E-state index in [0.717, 1.165) is 32.1 Å². The average Bonchev–Trinajstić information content (AvgIpc) is 2.23. The number of nitrogens with two attached hydrogens (primary N) is 1. The van der Waals surface area contributed by atoms with Crippen LogP contribution in [0.3, 0.4) is 0 Å². The second kappa shape index (κ2) is 5.15. The van der Waals surface area contributed by atoms with Crippen molar-refractivity contribution in [2.75, 3.05) is 7.11 Å². The van der Waals surface area contributed by atoms with Gasteiger partial charge in [-0.3, -0.25) is 4.79 Å². The molecule has 2 aliphatic carbocycles. The Morgan fingerprint density at radius 1 is 1.31 bits per heavy atom. The molecule has 4 heteroatoms. The summed E-state index contributed by atoms with van der Waals surface area (Å²) in [4.78, 5) is 12.0. The fourth-order valence-corrected chi connectivity index (χ4v) is 2.67. The molecule has 0 aliphatic heterocycles. The molecule has 2 aliphatic rings. The number of amides is 1. The molecule has 16 heavy (non-hydrogen) atoms. The quantitative estimate of drug-likeness (QED) is 0.748. The molecule has 2 unspecified atom stereocenters. The number of nitrogens with one attached hydrogen (secondary N) is 1. The molecule has 0 heterocycles. The lowest BCUT2D eigenvalue weighted by Crippen LogP contribution is -2.52. The lowest BCUT2D eigenvalue weighted by Gasteiger charge is -2.36. The van der Waals surface area contributed by atoms with Gasteiger partial charge in [0.15, 0.2) is 0 Å². The predicted molar refractivity (Wildman–Crippen MR) is 61.9 cm³/mol. The largest absolute Gasteiger partial charge is 0.381 e. The Balaban J connectivity index is 1.75. The molecule has 2 rings (SSSR count). The molecule has 0 radical (unpaired) electrons. The fourth-order valence-electron chi connectivity index (χ4n) is 2.67. The molecule has 92 valence electrons. The van der Waals surface area contributed by atoms with E-state index >= 15 is 0 Å². The number of ether oxygens (including phenoxy) is 1. The summed E-state index contributed by atoms with van der Waals surface area (Å²) < 4.78 is 5.19. The molecular formula is C12H22N2O2. The van der Waals surface area contributed by atoms with Crippen LogP contribution in [0.1, 0.15) is 38.5 Å². The Morgan fingerprint density at radius 3 is 2.62 bits per heavy atom. The molecule has 0 spiro atoms. The van der Waals surface area contributed by atoms with Gasteiger partial charge in [0.05, 0.1) is 12.0 Å². The molecule has 0 bridgehead atoms. The predicted octanol–water partition coefficient (Wildman–Crippen LogP) is 0.797. The summed E-state index contributed by atoms with van der Waals surface area (Å²) in [5.41, 5.74) is 5.98. The van der Waals surface area contributed by atoms with E-state index < -0.39 is 0 Å². The summed E-state index contributed by atoms with van der Waals surface area (Å²) in [6, 6.07) is 0.374. The first kappa shape index (κ1) is 11.9. The Morgan fingerprint density at radius 2 is 2.00 bits per heavy atom. The summed E-state index contributed by atoms with van der Waals surface area (Å²) in [5, 5.41) is 3.08. The monoisotopic (exact) mass is 226 g/mol. The van der Waals surface area contributed by atoms with Crippen LogP contribution in [-0.4, -0.2) is 31.2 Å². The van der Waals surface area contributed by atoms with E-state index in [2.05, 4.69) is 5.32 Å². The van der Waals surface area contributed by atoms with Gasteiger partial charge in [0.2, 0.25) is 5.91 Å². The molecule has 2 fully saturated rings. The molecule has 1 amide bonds. The number of hydrogen-bond acceptors (Lipinski definition) is 3. The SMILES string of the molecule is COC1CC(NC(=O)C2CCCCC2N)C1. The van der Waals surface area contributed by atoms with Crippen molar-refractivity contribution >= 4 is 5.91 Å². The Labute approximate surface area is 96.9 Å². The average molecular weight is 226 g/mol. The zero-order valence-electron chi connectivity index (χ0n) is 9.95. The van der Waals surface area contributed by atoms with Gasteiger partial charge in [-0.05, 0) is 25.7 Å². The summed E-state index contributed by atoms with van der Waals surface area (Å²) in [5.74, 6) is 0.196. The Bertz CT molecular complexity index is 251. The van der Waals surface area contributed by atoms with Gasteiger partial charge in [-0.2, -0.15) is 0 Å². The Hall–Kier alpha value is -0.610. The number of carbonyl (C=O) groups is 1. The standard InChI is InChI=1S/C12H22N2O2/c1-16-9-6-8(7-9)14-12(15)10-4-2-3-5-11(10)13/h8-11H,2-7,13H2,1H3,(H,14,15). The van der Waals surface area contributed by atoms with Gasteiger partial charge in [0.25, 0.3) is 0 Å². The minimum Gasteiger partial charge on any atom is -0.381 e. The van der Waals surface area contributed by atoms with Gasteiger partial charge < -0.3 is 15.8 Å². The van der Waals surface area contributed by atoms with Crippen LogP contribution in [0.2, 0.25) is 0 Å². The van der Waals surface area contributed by atoms with Crippen molar-refractivity contribution in [1.29, 1.82) is 0 Å². The van der Waals surface area contributed by atoms with Crippen LogP contribution >= 0.6 is 0 Å². The number of hydrogen-bond donors (Lipinski definition) is 2. The minimum atomic E-state index is 0.0374. The molecule has 2 atom stereocenters. The lowest BCUT2D eigenvalue weighted by atomic mass is 9.83. The van der Waals surface area contributed by atoms with Gasteiger partial charge in [-0.25, -0.2) is 0 Å². The van der Waals surface area contributed by atoms with E-state index in [1.165, 1.54) is 6.42 Å². The van der Waals surface area contributed by atoms with E-state index in [1.807, 2.05) is 0 Å². The van der Waals surface area contributed by atoms with Crippen LogP contribution in [0.5, 0.6) is 0 Å². The number of carbonyl (C=O) groups excluding carboxylic acids is 1. The maximum atomic E-state index is 12.0. The van der Waals surface area contributed by atoms with Gasteiger partial charge in [-0.15, -0.1) is 0 Å². The first-order valence-corrected chi connectivity index (χ1v) is 6.29. The van der Waals surface area contributed by atoms with Crippen LogP contribution in [0, 0.1) is 5.92 Å². The van der Waals surface area contributed by atoms with Crippen molar-refractivity contribution in [3.05, 3.63) is 0 Å². The third-order valence-electron chi connectivity index (χ3n) is 3.93. The van der Waals surface area contributed by atoms with E-state index in [9.17, 15) is 4.79 Å². The highest BCUT2D eigenvalue weighted by atomic mass is 16.5. The van der Waals surface area contributed by atoms with Crippen LogP contribution < -0.4 is 11.1 Å². The van der Waals surface area contributed by atoms with Crippen molar-refractivity contribution in [3.8, 4) is 0 Å². The molecule has 0 aromatic carbocycles. The Kier molecular flexibility index (Phi) is 3.82. The summed E-state index contributed by atoms with van der Waals surface area (Å²) >= 11 is 0.